The van der Waals surface area contributed by atoms with Gasteiger partial charge in [0.15, 0.2) is 0 Å². The Balaban J connectivity index is 1.99. The van der Waals surface area contributed by atoms with E-state index in [9.17, 15) is 9.59 Å². The molecule has 0 radical (unpaired) electrons. The number of alkyl halides is 3. The van der Waals surface area contributed by atoms with E-state index >= 15 is 0 Å². The number of hydrogen-bond acceptors (Lipinski definition) is 3. The number of allylic oxidation sites excluding steroid dienone is 1. The maximum atomic E-state index is 12.6. The van der Waals surface area contributed by atoms with Gasteiger partial charge in [-0.15, -0.1) is 0 Å². The van der Waals surface area contributed by atoms with Crippen molar-refractivity contribution in [2.24, 2.45) is 0 Å². The van der Waals surface area contributed by atoms with Crippen LogP contribution in [0.25, 0.3) is 16.6 Å². The molecule has 130 valence electrons. The second kappa shape index (κ2) is 5.66. The second-order valence-electron chi connectivity index (χ2n) is 5.91. The van der Waals surface area contributed by atoms with Crippen LogP contribution in [0, 0.1) is 0 Å². The minimum absolute atomic E-state index is 0.0808. The van der Waals surface area contributed by atoms with Gasteiger partial charge in [-0.3, -0.25) is 14.2 Å². The molecular formula is C17H13Cl3N2O3. The van der Waals surface area contributed by atoms with Crippen LogP contribution in [0.1, 0.15) is 22.5 Å². The first-order chi connectivity index (χ1) is 11.8. The zero-order valence-electron chi connectivity index (χ0n) is 13.2. The van der Waals surface area contributed by atoms with Gasteiger partial charge in [0, 0.05) is 18.4 Å². The lowest BCUT2D eigenvalue weighted by atomic mass is 9.98. The standard InChI is InChI=1S/C17H13Cl3N2O3/c1-25-12-4-2-3-9-10-7-8-21(16(24)17(18,19)20)11-5-6-13(23)22(14(10)11)15(9)12/h2-5H,6-8H2,1H3. The number of aromatic nitrogens is 1. The average Bonchev–Trinajstić information content (AvgIpc) is 2.93. The summed E-state index contributed by atoms with van der Waals surface area (Å²) in [5.74, 6) is -0.0871. The van der Waals surface area contributed by atoms with Crippen LogP contribution in [-0.2, 0) is 11.2 Å². The van der Waals surface area contributed by atoms with Crippen molar-refractivity contribution in [1.29, 1.82) is 0 Å². The zero-order valence-corrected chi connectivity index (χ0v) is 15.5. The number of fused-ring (bicyclic) bond motifs is 3. The molecule has 2 aromatic rings. The second-order valence-corrected chi connectivity index (χ2v) is 8.19. The van der Waals surface area contributed by atoms with E-state index in [1.807, 2.05) is 18.2 Å². The minimum Gasteiger partial charge on any atom is -0.495 e. The number of nitrogens with zero attached hydrogens (tertiary/aromatic N) is 2. The number of methoxy groups -OCH3 is 1. The Morgan fingerprint density at radius 1 is 1.28 bits per heavy atom. The van der Waals surface area contributed by atoms with Gasteiger partial charge in [0.1, 0.15) is 5.75 Å². The molecule has 0 saturated carbocycles. The Labute approximate surface area is 158 Å². The maximum Gasteiger partial charge on any atom is 0.279 e. The summed E-state index contributed by atoms with van der Waals surface area (Å²) >= 11 is 17.4. The van der Waals surface area contributed by atoms with Gasteiger partial charge in [-0.25, -0.2) is 0 Å². The molecule has 25 heavy (non-hydrogen) atoms. The highest BCUT2D eigenvalue weighted by molar-refractivity contribution is 6.76. The normalized spacial score (nSPS) is 16.7. The predicted octanol–water partition coefficient (Wildman–Crippen LogP) is 3.79. The van der Waals surface area contributed by atoms with Crippen LogP contribution in [-0.4, -0.2) is 38.7 Å². The van der Waals surface area contributed by atoms with Crippen LogP contribution in [0.15, 0.2) is 24.3 Å². The van der Waals surface area contributed by atoms with Crippen LogP contribution in [0.3, 0.4) is 0 Å². The molecule has 0 saturated heterocycles. The Morgan fingerprint density at radius 2 is 2.04 bits per heavy atom. The summed E-state index contributed by atoms with van der Waals surface area (Å²) in [6.45, 7) is 0.385. The summed E-state index contributed by atoms with van der Waals surface area (Å²) < 4.78 is 5.02. The SMILES string of the molecule is COc1cccc2c3c4n(c12)C(=O)CC=C4N(C(=O)C(Cl)(Cl)Cl)CC3. The highest BCUT2D eigenvalue weighted by Gasteiger charge is 2.42. The number of benzene rings is 1. The first kappa shape index (κ1) is 16.8. The topological polar surface area (TPSA) is 51.5 Å². The molecule has 0 N–H and O–H groups in total. The van der Waals surface area contributed by atoms with Crippen molar-refractivity contribution in [1.82, 2.24) is 9.47 Å². The molecule has 0 unspecified atom stereocenters. The van der Waals surface area contributed by atoms with Crippen molar-refractivity contribution in [3.8, 4) is 5.75 Å². The number of rotatable bonds is 1. The predicted molar refractivity (Wildman–Crippen MR) is 97.4 cm³/mol. The molecule has 0 atom stereocenters. The monoisotopic (exact) mass is 398 g/mol. The van der Waals surface area contributed by atoms with E-state index in [-0.39, 0.29) is 12.3 Å². The number of amides is 1. The summed E-state index contributed by atoms with van der Waals surface area (Å²) in [6, 6.07) is 5.65. The fraction of sp³-hybridized carbons (Fsp3) is 0.294. The molecule has 0 aliphatic carbocycles. The molecule has 0 bridgehead atoms. The fourth-order valence-electron chi connectivity index (χ4n) is 3.63. The summed E-state index contributed by atoms with van der Waals surface area (Å²) in [5, 5.41) is 0.941. The molecule has 3 heterocycles. The third-order valence-electron chi connectivity index (χ3n) is 4.60. The molecule has 2 aliphatic heterocycles. The average molecular weight is 400 g/mol. The number of carbonyl (C=O) groups excluding carboxylic acids is 2. The molecule has 5 nitrogen and oxygen atoms in total. The first-order valence-corrected chi connectivity index (χ1v) is 8.80. The number of carbonyl (C=O) groups is 2. The lowest BCUT2D eigenvalue weighted by Gasteiger charge is -2.34. The third kappa shape index (κ3) is 2.37. The number of halogens is 3. The van der Waals surface area contributed by atoms with Gasteiger partial charge in [0.05, 0.1) is 24.0 Å². The minimum atomic E-state index is -2.05. The number of hydrogen-bond donors (Lipinski definition) is 0. The molecule has 2 aliphatic rings. The summed E-state index contributed by atoms with van der Waals surface area (Å²) in [7, 11) is 1.57. The quantitative estimate of drug-likeness (QED) is 0.686. The zero-order chi connectivity index (χ0) is 17.9. The number of para-hydroxylation sites is 1. The maximum absolute atomic E-state index is 12.6. The van der Waals surface area contributed by atoms with Crippen molar-refractivity contribution < 1.29 is 14.3 Å². The first-order valence-electron chi connectivity index (χ1n) is 7.67. The van der Waals surface area contributed by atoms with Crippen LogP contribution in [0.5, 0.6) is 5.75 Å². The van der Waals surface area contributed by atoms with Gasteiger partial charge in [0.25, 0.3) is 9.70 Å². The van der Waals surface area contributed by atoms with E-state index in [1.165, 1.54) is 4.90 Å². The Bertz CT molecular complexity index is 956. The lowest BCUT2D eigenvalue weighted by Crippen LogP contribution is -2.43. The van der Waals surface area contributed by atoms with E-state index in [2.05, 4.69) is 0 Å². The van der Waals surface area contributed by atoms with Gasteiger partial charge >= 0.3 is 0 Å². The van der Waals surface area contributed by atoms with Crippen LogP contribution < -0.4 is 4.74 Å². The van der Waals surface area contributed by atoms with E-state index in [1.54, 1.807) is 17.8 Å². The molecule has 0 fully saturated rings. The van der Waals surface area contributed by atoms with Crippen molar-refractivity contribution >= 4 is 63.2 Å². The Hall–Kier alpha value is -1.69. The van der Waals surface area contributed by atoms with Gasteiger partial charge in [-0.1, -0.05) is 46.9 Å². The highest BCUT2D eigenvalue weighted by Crippen LogP contribution is 2.43. The molecule has 8 heteroatoms. The van der Waals surface area contributed by atoms with Crippen LogP contribution in [0.4, 0.5) is 0 Å². The van der Waals surface area contributed by atoms with E-state index < -0.39 is 9.70 Å². The molecular weight excluding hydrogens is 387 g/mol. The van der Waals surface area contributed by atoms with Gasteiger partial charge in [-0.2, -0.15) is 0 Å². The molecule has 1 aromatic carbocycles. The lowest BCUT2D eigenvalue weighted by molar-refractivity contribution is -0.127. The Kier molecular flexibility index (Phi) is 3.79. The van der Waals surface area contributed by atoms with Crippen molar-refractivity contribution in [3.05, 3.63) is 35.5 Å². The Morgan fingerprint density at radius 3 is 2.72 bits per heavy atom. The summed E-state index contributed by atoms with van der Waals surface area (Å²) in [4.78, 5) is 26.6. The largest absolute Gasteiger partial charge is 0.495 e. The van der Waals surface area contributed by atoms with E-state index in [0.717, 1.165) is 10.9 Å². The van der Waals surface area contributed by atoms with E-state index in [0.29, 0.717) is 35.6 Å². The molecule has 1 amide bonds. The van der Waals surface area contributed by atoms with Gasteiger partial charge in [0.2, 0.25) is 5.91 Å². The molecule has 1 aromatic heterocycles. The van der Waals surface area contributed by atoms with Gasteiger partial charge in [-0.05, 0) is 24.1 Å². The number of ether oxygens (including phenoxy) is 1. The summed E-state index contributed by atoms with van der Waals surface area (Å²) in [5.41, 5.74) is 3.01. The van der Waals surface area contributed by atoms with Crippen molar-refractivity contribution in [2.75, 3.05) is 13.7 Å². The van der Waals surface area contributed by atoms with Crippen molar-refractivity contribution in [2.45, 2.75) is 16.6 Å². The van der Waals surface area contributed by atoms with E-state index in [4.69, 9.17) is 39.5 Å². The van der Waals surface area contributed by atoms with Crippen molar-refractivity contribution in [3.63, 3.8) is 0 Å². The smallest absolute Gasteiger partial charge is 0.279 e. The third-order valence-corrected chi connectivity index (χ3v) is 5.09. The highest BCUT2D eigenvalue weighted by atomic mass is 35.6. The fourth-order valence-corrected chi connectivity index (χ4v) is 3.93. The molecule has 0 spiro atoms. The van der Waals surface area contributed by atoms with Gasteiger partial charge < -0.3 is 9.64 Å². The summed E-state index contributed by atoms with van der Waals surface area (Å²) in [6.07, 6.45) is 2.44. The van der Waals surface area contributed by atoms with Crippen LogP contribution in [0.2, 0.25) is 0 Å². The van der Waals surface area contributed by atoms with Crippen LogP contribution >= 0.6 is 34.8 Å². The molecule has 4 rings (SSSR count).